The summed E-state index contributed by atoms with van der Waals surface area (Å²) < 4.78 is 10.2. The van der Waals surface area contributed by atoms with Crippen LogP contribution in [0.4, 0.5) is 4.79 Å². The number of nitrogens with one attached hydrogen (secondary N) is 1. The third-order valence-corrected chi connectivity index (χ3v) is 8.89. The van der Waals surface area contributed by atoms with Gasteiger partial charge in [-0.2, -0.15) is 0 Å². The monoisotopic (exact) mass is 712 g/mol. The molecule has 0 saturated carbocycles. The molecule has 0 spiro atoms. The molecule has 1 N–H and O–H groups in total. The summed E-state index contributed by atoms with van der Waals surface area (Å²) in [5, 5.41) is 2.88. The summed E-state index contributed by atoms with van der Waals surface area (Å²) in [6.07, 6.45) is 0.238. The highest BCUT2D eigenvalue weighted by Gasteiger charge is 2.43. The van der Waals surface area contributed by atoms with Gasteiger partial charge in [-0.3, -0.25) is 14.4 Å². The number of carbonyl (C=O) groups excluding carboxylic acids is 5. The number of hydrogen-bond acceptors (Lipinski definition) is 7. The van der Waals surface area contributed by atoms with Crippen molar-refractivity contribution in [3.05, 3.63) is 107 Å². The largest absolute Gasteiger partial charge is 0.465 e. The molecule has 0 radical (unpaired) electrons. The first kappa shape index (κ1) is 39.6. The summed E-state index contributed by atoms with van der Waals surface area (Å²) in [5.41, 5.74) is 2.72. The fourth-order valence-corrected chi connectivity index (χ4v) is 6.09. The first-order valence-corrected chi connectivity index (χ1v) is 17.6. The zero-order chi connectivity index (χ0) is 38.2. The van der Waals surface area contributed by atoms with E-state index in [4.69, 9.17) is 9.47 Å². The lowest BCUT2D eigenvalue weighted by Gasteiger charge is -2.42. The fourth-order valence-electron chi connectivity index (χ4n) is 6.09. The minimum Gasteiger partial charge on any atom is -0.465 e. The fraction of sp³-hybridized carbons (Fsp3) is 0.439. The molecule has 1 aliphatic rings. The molecule has 0 aliphatic carbocycles. The lowest BCUT2D eigenvalue weighted by Crippen LogP contribution is -2.61. The summed E-state index contributed by atoms with van der Waals surface area (Å²) >= 11 is 0. The molecule has 2 unspecified atom stereocenters. The highest BCUT2D eigenvalue weighted by molar-refractivity contribution is 5.94. The molecule has 3 aromatic carbocycles. The topological polar surface area (TPSA) is 126 Å². The van der Waals surface area contributed by atoms with Crippen LogP contribution < -0.4 is 5.32 Å². The smallest absolute Gasteiger partial charge is 0.410 e. The van der Waals surface area contributed by atoms with Gasteiger partial charge in [-0.1, -0.05) is 87.5 Å². The molecule has 52 heavy (non-hydrogen) atoms. The van der Waals surface area contributed by atoms with Crippen LogP contribution in [0.3, 0.4) is 0 Å². The molecule has 3 aromatic rings. The number of hydrogen-bond donors (Lipinski definition) is 1. The Kier molecular flexibility index (Phi) is 12.9. The van der Waals surface area contributed by atoms with E-state index >= 15 is 0 Å². The van der Waals surface area contributed by atoms with Crippen LogP contribution in [-0.2, 0) is 49.8 Å². The predicted octanol–water partition coefficient (Wildman–Crippen LogP) is 5.40. The van der Waals surface area contributed by atoms with Crippen molar-refractivity contribution in [3.8, 4) is 0 Å². The van der Waals surface area contributed by atoms with Gasteiger partial charge in [0.2, 0.25) is 17.7 Å². The van der Waals surface area contributed by atoms with Gasteiger partial charge < -0.3 is 29.5 Å². The molecular weight excluding hydrogens is 660 g/mol. The molecule has 1 heterocycles. The van der Waals surface area contributed by atoms with Crippen LogP contribution in [0.5, 0.6) is 0 Å². The van der Waals surface area contributed by atoms with E-state index in [9.17, 15) is 24.0 Å². The van der Waals surface area contributed by atoms with Gasteiger partial charge in [0.05, 0.1) is 12.7 Å². The van der Waals surface area contributed by atoms with Crippen LogP contribution in [0.2, 0.25) is 0 Å². The molecule has 4 rings (SSSR count). The molecule has 11 heteroatoms. The number of rotatable bonds is 11. The van der Waals surface area contributed by atoms with Crippen molar-refractivity contribution >= 4 is 29.8 Å². The van der Waals surface area contributed by atoms with Gasteiger partial charge in [0.1, 0.15) is 24.2 Å². The Balaban J connectivity index is 1.65. The molecule has 0 bridgehead atoms. The minimum absolute atomic E-state index is 0.187. The molecule has 0 saturated heterocycles. The summed E-state index contributed by atoms with van der Waals surface area (Å²) in [4.78, 5) is 72.0. The number of esters is 1. The van der Waals surface area contributed by atoms with Gasteiger partial charge in [-0.15, -0.1) is 0 Å². The molecule has 1 aliphatic heterocycles. The summed E-state index contributed by atoms with van der Waals surface area (Å²) in [7, 11) is 2.79. The average molecular weight is 713 g/mol. The van der Waals surface area contributed by atoms with Gasteiger partial charge in [0.25, 0.3) is 0 Å². The summed E-state index contributed by atoms with van der Waals surface area (Å²) in [5.74, 6) is -1.59. The molecule has 0 aromatic heterocycles. The maximum Gasteiger partial charge on any atom is 0.410 e. The number of amides is 4. The maximum atomic E-state index is 14.8. The molecule has 0 fully saturated rings. The number of fused-ring (bicyclic) bond motifs is 1. The first-order valence-electron chi connectivity index (χ1n) is 17.6. The van der Waals surface area contributed by atoms with Crippen molar-refractivity contribution in [1.82, 2.24) is 20.0 Å². The zero-order valence-corrected chi connectivity index (χ0v) is 31.6. The Labute approximate surface area is 307 Å². The van der Waals surface area contributed by atoms with Crippen molar-refractivity contribution < 1.29 is 33.4 Å². The third-order valence-electron chi connectivity index (χ3n) is 8.89. The van der Waals surface area contributed by atoms with Gasteiger partial charge in [0, 0.05) is 33.1 Å². The van der Waals surface area contributed by atoms with Crippen molar-refractivity contribution in [2.75, 3.05) is 27.2 Å². The second-order valence-electron chi connectivity index (χ2n) is 15.3. The summed E-state index contributed by atoms with van der Waals surface area (Å²) in [6.45, 7) is 11.3. The molecule has 2 atom stereocenters. The van der Waals surface area contributed by atoms with E-state index in [1.54, 1.807) is 54.8 Å². The zero-order valence-electron chi connectivity index (χ0n) is 31.6. The third kappa shape index (κ3) is 10.7. The molecule has 11 nitrogen and oxygen atoms in total. The highest BCUT2D eigenvalue weighted by Crippen LogP contribution is 2.29. The van der Waals surface area contributed by atoms with Gasteiger partial charge >= 0.3 is 12.1 Å². The van der Waals surface area contributed by atoms with Crippen LogP contribution in [-0.4, -0.2) is 89.4 Å². The van der Waals surface area contributed by atoms with Crippen LogP contribution in [0.1, 0.15) is 74.2 Å². The Hall–Kier alpha value is -5.19. The summed E-state index contributed by atoms with van der Waals surface area (Å²) in [6, 6.07) is 22.7. The standard InChI is InChI=1S/C41H52N4O7/c1-40(2,3)35(42-34(46)27-43(7)39(50)52-41(4,5)6)37(48)45-26-32-17-13-12-16-31(32)24-33(45)36(47)44(23-22-28-14-10-9-11-15-28)25-29-18-20-30(21-19-29)38(49)51-8/h9-21,33,35H,22-27H2,1-8H3,(H,42,46). The second kappa shape index (κ2) is 16.9. The van der Waals surface area contributed by atoms with Crippen molar-refractivity contribution in [2.45, 2.75) is 85.2 Å². The second-order valence-corrected chi connectivity index (χ2v) is 15.3. The predicted molar refractivity (Wildman–Crippen MR) is 198 cm³/mol. The van der Waals surface area contributed by atoms with Crippen LogP contribution in [0, 0.1) is 5.41 Å². The maximum absolute atomic E-state index is 14.8. The van der Waals surface area contributed by atoms with E-state index < -0.39 is 41.1 Å². The lowest BCUT2D eigenvalue weighted by molar-refractivity contribution is -0.151. The van der Waals surface area contributed by atoms with E-state index in [-0.39, 0.29) is 31.4 Å². The van der Waals surface area contributed by atoms with E-state index in [1.807, 2.05) is 75.4 Å². The molecular formula is C41H52N4O7. The number of nitrogens with zero attached hydrogens (tertiary/aromatic N) is 3. The highest BCUT2D eigenvalue weighted by atomic mass is 16.6. The Morgan fingerprint density at radius 2 is 1.46 bits per heavy atom. The van der Waals surface area contributed by atoms with Crippen molar-refractivity contribution in [2.24, 2.45) is 5.41 Å². The van der Waals surface area contributed by atoms with E-state index in [1.165, 1.54) is 14.2 Å². The van der Waals surface area contributed by atoms with Crippen LogP contribution >= 0.6 is 0 Å². The van der Waals surface area contributed by atoms with Crippen LogP contribution in [0.25, 0.3) is 0 Å². The molecule has 278 valence electrons. The SMILES string of the molecule is COC(=O)c1ccc(CN(CCc2ccccc2)C(=O)C2Cc3ccccc3CN2C(=O)C(NC(=O)CN(C)C(=O)OC(C)(C)C)C(C)(C)C)cc1. The number of benzene rings is 3. The van der Waals surface area contributed by atoms with Gasteiger partial charge in [-0.05, 0) is 67.0 Å². The van der Waals surface area contributed by atoms with E-state index in [0.717, 1.165) is 27.2 Å². The Morgan fingerprint density at radius 3 is 2.06 bits per heavy atom. The molecule has 4 amide bonds. The van der Waals surface area contributed by atoms with Crippen LogP contribution in [0.15, 0.2) is 78.9 Å². The van der Waals surface area contributed by atoms with Crippen molar-refractivity contribution in [1.29, 1.82) is 0 Å². The number of methoxy groups -OCH3 is 1. The lowest BCUT2D eigenvalue weighted by atomic mass is 9.84. The van der Waals surface area contributed by atoms with Gasteiger partial charge in [0.15, 0.2) is 0 Å². The first-order chi connectivity index (χ1) is 24.5. The van der Waals surface area contributed by atoms with E-state index in [0.29, 0.717) is 24.9 Å². The van der Waals surface area contributed by atoms with Gasteiger partial charge in [-0.25, -0.2) is 9.59 Å². The Morgan fingerprint density at radius 1 is 0.846 bits per heavy atom. The van der Waals surface area contributed by atoms with E-state index in [2.05, 4.69) is 5.32 Å². The normalized spacial score (nSPS) is 14.8. The minimum atomic E-state index is -1.00. The number of carbonyl (C=O) groups is 5. The number of ether oxygens (including phenoxy) is 2. The average Bonchev–Trinajstić information content (AvgIpc) is 3.10. The quantitative estimate of drug-likeness (QED) is 0.264. The number of likely N-dealkylation sites (N-methyl/N-ethyl adjacent to an activating group) is 1. The Bertz CT molecular complexity index is 1730. The van der Waals surface area contributed by atoms with Crippen molar-refractivity contribution in [3.63, 3.8) is 0 Å².